The lowest BCUT2D eigenvalue weighted by atomic mass is 9.93. The third-order valence-corrected chi connectivity index (χ3v) is 4.04. The number of benzene rings is 1. The summed E-state index contributed by atoms with van der Waals surface area (Å²) in [6, 6.07) is 6.15. The highest BCUT2D eigenvalue weighted by atomic mass is 16.4. The number of aliphatic carboxylic acids is 1. The molecule has 3 heteroatoms. The summed E-state index contributed by atoms with van der Waals surface area (Å²) in [5, 5.41) is 10.5. The number of carboxylic acid groups (broad SMARTS) is 1. The highest BCUT2D eigenvalue weighted by molar-refractivity contribution is 5.95. The summed E-state index contributed by atoms with van der Waals surface area (Å²) in [7, 11) is 0. The summed E-state index contributed by atoms with van der Waals surface area (Å²) in [6.45, 7) is 4.30. The van der Waals surface area contributed by atoms with Gasteiger partial charge in [0.25, 0.3) is 0 Å². The van der Waals surface area contributed by atoms with E-state index >= 15 is 0 Å². The van der Waals surface area contributed by atoms with Crippen molar-refractivity contribution >= 4 is 16.9 Å². The van der Waals surface area contributed by atoms with Gasteiger partial charge in [0, 0.05) is 17.1 Å². The Bertz CT molecular complexity index is 620. The van der Waals surface area contributed by atoms with Crippen molar-refractivity contribution in [2.24, 2.45) is 0 Å². The van der Waals surface area contributed by atoms with E-state index in [-0.39, 0.29) is 0 Å². The van der Waals surface area contributed by atoms with Crippen LogP contribution in [0.4, 0.5) is 0 Å². The first kappa shape index (κ1) is 11.3. The minimum atomic E-state index is -0.696. The van der Waals surface area contributed by atoms with Crippen molar-refractivity contribution in [2.75, 3.05) is 0 Å². The van der Waals surface area contributed by atoms with Gasteiger partial charge in [-0.05, 0) is 29.9 Å². The number of rotatable bonds is 3. The van der Waals surface area contributed by atoms with Gasteiger partial charge in [-0.15, -0.1) is 0 Å². The summed E-state index contributed by atoms with van der Waals surface area (Å²) in [5.74, 6) is -0.265. The topological polar surface area (TPSA) is 53.1 Å². The normalized spacial score (nSPS) is 17.3. The minimum absolute atomic E-state index is 0.431. The van der Waals surface area contributed by atoms with Gasteiger partial charge in [0.1, 0.15) is 0 Å². The number of hydrogen-bond donors (Lipinski definition) is 2. The van der Waals surface area contributed by atoms with Crippen molar-refractivity contribution in [3.63, 3.8) is 0 Å². The molecular weight excluding hydrogens is 226 g/mol. The molecule has 3 rings (SSSR count). The fourth-order valence-corrected chi connectivity index (χ4v) is 2.78. The van der Waals surface area contributed by atoms with Crippen LogP contribution in [-0.2, 0) is 10.2 Å². The predicted molar refractivity (Wildman–Crippen MR) is 70.9 cm³/mol. The summed E-state index contributed by atoms with van der Waals surface area (Å²) in [4.78, 5) is 14.7. The van der Waals surface area contributed by atoms with E-state index in [4.69, 9.17) is 0 Å². The van der Waals surface area contributed by atoms with Gasteiger partial charge < -0.3 is 10.1 Å². The van der Waals surface area contributed by atoms with Crippen LogP contribution in [0, 0.1) is 0 Å². The first-order chi connectivity index (χ1) is 8.56. The van der Waals surface area contributed by atoms with Gasteiger partial charge in [-0.25, -0.2) is 0 Å². The number of H-pyrrole nitrogens is 1. The summed E-state index contributed by atoms with van der Waals surface area (Å²) >= 11 is 0. The second-order valence-corrected chi connectivity index (χ2v) is 5.51. The summed E-state index contributed by atoms with van der Waals surface area (Å²) in [6.07, 6.45) is 3.39. The molecule has 1 aromatic heterocycles. The van der Waals surface area contributed by atoms with Gasteiger partial charge in [0.2, 0.25) is 0 Å². The molecule has 94 valence electrons. The number of carboxylic acids is 1. The number of aromatic amines is 1. The van der Waals surface area contributed by atoms with Crippen molar-refractivity contribution in [1.82, 2.24) is 4.98 Å². The van der Waals surface area contributed by atoms with E-state index in [0.717, 1.165) is 29.3 Å². The zero-order valence-corrected chi connectivity index (χ0v) is 10.7. The first-order valence-electron chi connectivity index (χ1n) is 6.40. The maximum atomic E-state index is 11.4. The molecule has 1 heterocycles. The maximum absolute atomic E-state index is 11.4. The number of para-hydroxylation sites is 1. The molecule has 2 aromatic rings. The molecule has 1 fully saturated rings. The van der Waals surface area contributed by atoms with Crippen molar-refractivity contribution < 1.29 is 9.90 Å². The van der Waals surface area contributed by atoms with Crippen LogP contribution in [0.25, 0.3) is 10.9 Å². The van der Waals surface area contributed by atoms with Gasteiger partial charge in [-0.2, -0.15) is 0 Å². The third-order valence-electron chi connectivity index (χ3n) is 4.04. The molecule has 0 atom stereocenters. The summed E-state index contributed by atoms with van der Waals surface area (Å²) in [5.41, 5.74) is 2.66. The van der Waals surface area contributed by atoms with E-state index < -0.39 is 11.4 Å². The monoisotopic (exact) mass is 243 g/mol. The van der Waals surface area contributed by atoms with Gasteiger partial charge in [0.05, 0.1) is 5.41 Å². The predicted octanol–water partition coefficient (Wildman–Crippen LogP) is 3.41. The van der Waals surface area contributed by atoms with Gasteiger partial charge in [-0.1, -0.05) is 32.0 Å². The lowest BCUT2D eigenvalue weighted by Gasteiger charge is -2.10. The second-order valence-electron chi connectivity index (χ2n) is 5.51. The molecule has 1 saturated carbocycles. The fraction of sp³-hybridized carbons (Fsp3) is 0.400. The minimum Gasteiger partial charge on any atom is -0.481 e. The molecule has 2 N–H and O–H groups in total. The number of nitrogens with one attached hydrogen (secondary N) is 1. The van der Waals surface area contributed by atoms with Crippen LogP contribution in [0.1, 0.15) is 43.7 Å². The standard InChI is InChI=1S/C15H17NO2/c1-9(2)10-4-3-5-11-12(8-16-13(10)11)15(6-7-15)14(17)18/h3-5,8-9,16H,6-7H2,1-2H3,(H,17,18). The van der Waals surface area contributed by atoms with E-state index in [0.29, 0.717) is 5.92 Å². The number of hydrogen-bond acceptors (Lipinski definition) is 1. The highest BCUT2D eigenvalue weighted by Crippen LogP contribution is 2.51. The van der Waals surface area contributed by atoms with Crippen LogP contribution < -0.4 is 0 Å². The Kier molecular flexibility index (Phi) is 2.27. The van der Waals surface area contributed by atoms with Gasteiger partial charge in [-0.3, -0.25) is 4.79 Å². The molecule has 1 aliphatic rings. The van der Waals surface area contributed by atoms with Crippen molar-refractivity contribution in [3.8, 4) is 0 Å². The zero-order valence-electron chi connectivity index (χ0n) is 10.7. The average molecular weight is 243 g/mol. The Morgan fingerprint density at radius 1 is 1.39 bits per heavy atom. The molecular formula is C15H17NO2. The molecule has 0 spiro atoms. The Morgan fingerprint density at radius 2 is 2.11 bits per heavy atom. The molecule has 0 amide bonds. The van der Waals surface area contributed by atoms with E-state index in [1.165, 1.54) is 5.56 Å². The maximum Gasteiger partial charge on any atom is 0.314 e. The smallest absolute Gasteiger partial charge is 0.314 e. The molecule has 0 bridgehead atoms. The lowest BCUT2D eigenvalue weighted by Crippen LogP contribution is -2.18. The van der Waals surface area contributed by atoms with Crippen molar-refractivity contribution in [1.29, 1.82) is 0 Å². The largest absolute Gasteiger partial charge is 0.481 e. The Balaban J connectivity index is 2.22. The fourth-order valence-electron chi connectivity index (χ4n) is 2.78. The average Bonchev–Trinajstić information content (AvgIpc) is 3.03. The van der Waals surface area contributed by atoms with E-state index in [1.807, 2.05) is 18.3 Å². The van der Waals surface area contributed by atoms with E-state index in [2.05, 4.69) is 24.9 Å². The van der Waals surface area contributed by atoms with E-state index in [9.17, 15) is 9.90 Å². The highest BCUT2D eigenvalue weighted by Gasteiger charge is 2.53. The number of aromatic nitrogens is 1. The SMILES string of the molecule is CC(C)c1cccc2c(C3(C(=O)O)CC3)c[nH]c12. The molecule has 0 radical (unpaired) electrons. The molecule has 0 aliphatic heterocycles. The van der Waals surface area contributed by atoms with Crippen LogP contribution in [0.2, 0.25) is 0 Å². The summed E-state index contributed by atoms with van der Waals surface area (Å²) < 4.78 is 0. The molecule has 0 saturated heterocycles. The van der Waals surface area contributed by atoms with E-state index in [1.54, 1.807) is 0 Å². The Morgan fingerprint density at radius 3 is 2.67 bits per heavy atom. The lowest BCUT2D eigenvalue weighted by molar-refractivity contribution is -0.140. The van der Waals surface area contributed by atoms with Gasteiger partial charge >= 0.3 is 5.97 Å². The molecule has 0 unspecified atom stereocenters. The molecule has 18 heavy (non-hydrogen) atoms. The molecule has 1 aromatic carbocycles. The number of fused-ring (bicyclic) bond motifs is 1. The third kappa shape index (κ3) is 1.40. The molecule has 3 nitrogen and oxygen atoms in total. The van der Waals surface area contributed by atoms with Crippen molar-refractivity contribution in [3.05, 3.63) is 35.5 Å². The second kappa shape index (κ2) is 3.61. The first-order valence-corrected chi connectivity index (χ1v) is 6.40. The van der Waals surface area contributed by atoms with Crippen LogP contribution in [0.3, 0.4) is 0 Å². The van der Waals surface area contributed by atoms with Crippen LogP contribution >= 0.6 is 0 Å². The van der Waals surface area contributed by atoms with Crippen LogP contribution in [0.5, 0.6) is 0 Å². The van der Waals surface area contributed by atoms with Crippen LogP contribution in [-0.4, -0.2) is 16.1 Å². The quantitative estimate of drug-likeness (QED) is 0.868. The zero-order chi connectivity index (χ0) is 12.9. The Hall–Kier alpha value is -1.77. The van der Waals surface area contributed by atoms with Gasteiger partial charge in [0.15, 0.2) is 0 Å². The van der Waals surface area contributed by atoms with Crippen molar-refractivity contribution in [2.45, 2.75) is 38.0 Å². The Labute approximate surface area is 106 Å². The molecule has 1 aliphatic carbocycles. The number of carbonyl (C=O) groups is 1. The van der Waals surface area contributed by atoms with Crippen LogP contribution in [0.15, 0.2) is 24.4 Å².